The summed E-state index contributed by atoms with van der Waals surface area (Å²) in [7, 11) is 0. The monoisotopic (exact) mass is 148 g/mol. The lowest BCUT2D eigenvalue weighted by molar-refractivity contribution is -0.00221. The van der Waals surface area contributed by atoms with E-state index in [1.54, 1.807) is 0 Å². The van der Waals surface area contributed by atoms with Crippen LogP contribution in [0, 0.1) is 0 Å². The summed E-state index contributed by atoms with van der Waals surface area (Å²) < 4.78 is 15.0. The van der Waals surface area contributed by atoms with Gasteiger partial charge in [-0.05, 0) is 0 Å². The van der Waals surface area contributed by atoms with E-state index in [-0.39, 0.29) is 12.7 Å². The fourth-order valence-corrected chi connectivity index (χ4v) is 0.748. The minimum absolute atomic E-state index is 0.0616. The summed E-state index contributed by atoms with van der Waals surface area (Å²) in [6, 6.07) is 0. The average Bonchev–Trinajstić information content (AvgIpc) is 2.41. The van der Waals surface area contributed by atoms with Crippen LogP contribution in [0.25, 0.3) is 0 Å². The topological polar surface area (TPSA) is 47.9 Å². The molecule has 0 saturated carbocycles. The van der Waals surface area contributed by atoms with Gasteiger partial charge in [0, 0.05) is 0 Å². The normalized spacial score (nSPS) is 25.5. The third-order valence-electron chi connectivity index (χ3n) is 1.23. The molecule has 0 amide bonds. The van der Waals surface area contributed by atoms with Gasteiger partial charge in [0.1, 0.15) is 12.9 Å². The van der Waals surface area contributed by atoms with E-state index in [9.17, 15) is 0 Å². The maximum absolute atomic E-state index is 8.34. The van der Waals surface area contributed by atoms with Gasteiger partial charge in [0.2, 0.25) is 0 Å². The summed E-state index contributed by atoms with van der Waals surface area (Å²) in [5, 5.41) is 8.34. The van der Waals surface area contributed by atoms with Crippen molar-refractivity contribution >= 4 is 0 Å². The van der Waals surface area contributed by atoms with E-state index >= 15 is 0 Å². The highest BCUT2D eigenvalue weighted by Crippen LogP contribution is 2.02. The van der Waals surface area contributed by atoms with Crippen molar-refractivity contribution in [1.29, 1.82) is 0 Å². The summed E-state index contributed by atoms with van der Waals surface area (Å²) in [4.78, 5) is 0. The molecule has 1 saturated heterocycles. The fourth-order valence-electron chi connectivity index (χ4n) is 0.748. The Hall–Kier alpha value is -0.160. The molecule has 0 spiro atoms. The van der Waals surface area contributed by atoms with Gasteiger partial charge in [-0.25, -0.2) is 0 Å². The van der Waals surface area contributed by atoms with Gasteiger partial charge in [-0.3, -0.25) is 0 Å². The van der Waals surface area contributed by atoms with E-state index < -0.39 is 0 Å². The van der Waals surface area contributed by atoms with Crippen molar-refractivity contribution in [3.05, 3.63) is 0 Å². The SMILES string of the molecule is OCCOCC1COCO1. The summed E-state index contributed by atoms with van der Waals surface area (Å²) in [5.74, 6) is 0. The largest absolute Gasteiger partial charge is 0.394 e. The maximum atomic E-state index is 8.34. The number of aliphatic hydroxyl groups excluding tert-OH is 1. The molecular weight excluding hydrogens is 136 g/mol. The molecule has 1 N–H and O–H groups in total. The van der Waals surface area contributed by atoms with Crippen LogP contribution in [0.3, 0.4) is 0 Å². The van der Waals surface area contributed by atoms with Gasteiger partial charge in [-0.1, -0.05) is 0 Å². The summed E-state index contributed by atoms with van der Waals surface area (Å²) in [6.45, 7) is 1.92. The van der Waals surface area contributed by atoms with Crippen molar-refractivity contribution < 1.29 is 19.3 Å². The van der Waals surface area contributed by atoms with E-state index in [0.717, 1.165) is 0 Å². The molecule has 1 rings (SSSR count). The second-order valence-electron chi connectivity index (χ2n) is 2.08. The first-order chi connectivity index (χ1) is 4.93. The van der Waals surface area contributed by atoms with Gasteiger partial charge in [-0.15, -0.1) is 0 Å². The van der Waals surface area contributed by atoms with Crippen molar-refractivity contribution in [2.24, 2.45) is 0 Å². The third-order valence-corrected chi connectivity index (χ3v) is 1.23. The Labute approximate surface area is 59.7 Å². The zero-order valence-electron chi connectivity index (χ0n) is 5.78. The minimum atomic E-state index is 0.0616. The van der Waals surface area contributed by atoms with Crippen LogP contribution in [0.2, 0.25) is 0 Å². The molecule has 4 heteroatoms. The van der Waals surface area contributed by atoms with Crippen LogP contribution >= 0.6 is 0 Å². The van der Waals surface area contributed by atoms with Gasteiger partial charge >= 0.3 is 0 Å². The molecule has 0 aliphatic carbocycles. The quantitative estimate of drug-likeness (QED) is 0.539. The second-order valence-corrected chi connectivity index (χ2v) is 2.08. The van der Waals surface area contributed by atoms with Crippen LogP contribution in [0.15, 0.2) is 0 Å². The van der Waals surface area contributed by atoms with E-state index in [1.165, 1.54) is 0 Å². The third kappa shape index (κ3) is 2.62. The molecule has 60 valence electrons. The first-order valence-electron chi connectivity index (χ1n) is 3.31. The minimum Gasteiger partial charge on any atom is -0.394 e. The van der Waals surface area contributed by atoms with Crippen LogP contribution in [-0.4, -0.2) is 44.4 Å². The Morgan fingerprint density at radius 1 is 1.60 bits per heavy atom. The lowest BCUT2D eigenvalue weighted by Gasteiger charge is -2.06. The van der Waals surface area contributed by atoms with Crippen molar-refractivity contribution in [3.63, 3.8) is 0 Å². The standard InChI is InChI=1S/C6H12O4/c7-1-2-8-3-6-4-9-5-10-6/h6-7H,1-5H2. The molecule has 1 heterocycles. The lowest BCUT2D eigenvalue weighted by atomic mass is 10.4. The van der Waals surface area contributed by atoms with Crippen LogP contribution in [-0.2, 0) is 14.2 Å². The predicted octanol–water partition coefficient (Wildman–Crippen LogP) is -0.632. The molecule has 1 atom stereocenters. The second kappa shape index (κ2) is 4.62. The number of hydrogen-bond donors (Lipinski definition) is 1. The van der Waals surface area contributed by atoms with Crippen molar-refractivity contribution in [2.45, 2.75) is 6.10 Å². The molecule has 1 fully saturated rings. The Morgan fingerprint density at radius 2 is 2.50 bits per heavy atom. The van der Waals surface area contributed by atoms with Crippen molar-refractivity contribution in [2.75, 3.05) is 33.2 Å². The highest BCUT2D eigenvalue weighted by molar-refractivity contribution is 4.57. The van der Waals surface area contributed by atoms with Crippen LogP contribution < -0.4 is 0 Å². The Balaban J connectivity index is 1.91. The first kappa shape index (κ1) is 7.94. The number of aliphatic hydroxyl groups is 1. The first-order valence-corrected chi connectivity index (χ1v) is 3.31. The zero-order valence-corrected chi connectivity index (χ0v) is 5.78. The molecule has 10 heavy (non-hydrogen) atoms. The molecule has 0 aromatic heterocycles. The summed E-state index contributed by atoms with van der Waals surface area (Å²) >= 11 is 0. The molecule has 4 nitrogen and oxygen atoms in total. The van der Waals surface area contributed by atoms with Gasteiger partial charge in [-0.2, -0.15) is 0 Å². The molecule has 0 bridgehead atoms. The zero-order chi connectivity index (χ0) is 7.23. The highest BCUT2D eigenvalue weighted by Gasteiger charge is 2.15. The van der Waals surface area contributed by atoms with E-state index in [2.05, 4.69) is 0 Å². The number of hydrogen-bond acceptors (Lipinski definition) is 4. The Kier molecular flexibility index (Phi) is 3.67. The molecule has 1 aliphatic heterocycles. The average molecular weight is 148 g/mol. The molecule has 0 aromatic rings. The fraction of sp³-hybridized carbons (Fsp3) is 1.00. The number of ether oxygens (including phenoxy) is 3. The highest BCUT2D eigenvalue weighted by atomic mass is 16.7. The van der Waals surface area contributed by atoms with Crippen molar-refractivity contribution in [3.8, 4) is 0 Å². The van der Waals surface area contributed by atoms with Crippen LogP contribution in [0.1, 0.15) is 0 Å². The van der Waals surface area contributed by atoms with E-state index in [0.29, 0.717) is 26.6 Å². The molecule has 0 radical (unpaired) electrons. The van der Waals surface area contributed by atoms with Crippen molar-refractivity contribution in [1.82, 2.24) is 0 Å². The summed E-state index contributed by atoms with van der Waals surface area (Å²) in [5.41, 5.74) is 0. The smallest absolute Gasteiger partial charge is 0.147 e. The van der Waals surface area contributed by atoms with Gasteiger partial charge in [0.25, 0.3) is 0 Å². The molecule has 1 aliphatic rings. The van der Waals surface area contributed by atoms with Crippen LogP contribution in [0.5, 0.6) is 0 Å². The molecule has 1 unspecified atom stereocenters. The summed E-state index contributed by atoms with van der Waals surface area (Å²) in [6.07, 6.45) is 0.0616. The van der Waals surface area contributed by atoms with E-state index in [1.807, 2.05) is 0 Å². The van der Waals surface area contributed by atoms with E-state index in [4.69, 9.17) is 19.3 Å². The Morgan fingerprint density at radius 3 is 3.10 bits per heavy atom. The maximum Gasteiger partial charge on any atom is 0.147 e. The lowest BCUT2D eigenvalue weighted by Crippen LogP contribution is -2.18. The van der Waals surface area contributed by atoms with Crippen LogP contribution in [0.4, 0.5) is 0 Å². The predicted molar refractivity (Wildman–Crippen MR) is 33.6 cm³/mol. The number of rotatable bonds is 4. The van der Waals surface area contributed by atoms with Gasteiger partial charge in [0.05, 0.1) is 26.4 Å². The van der Waals surface area contributed by atoms with Gasteiger partial charge in [0.15, 0.2) is 0 Å². The van der Waals surface area contributed by atoms with Gasteiger partial charge < -0.3 is 19.3 Å². The molecule has 0 aromatic carbocycles. The molecular formula is C6H12O4. The Bertz CT molecular complexity index is 79.8.